The second kappa shape index (κ2) is 4.65. The minimum Gasteiger partial charge on any atom is -0.366 e. The van der Waals surface area contributed by atoms with Gasteiger partial charge in [-0.2, -0.15) is 0 Å². The molecule has 4 nitrogen and oxygen atoms in total. The number of nitro groups is 1. The van der Waals surface area contributed by atoms with E-state index in [1.807, 2.05) is 0 Å². The minimum atomic E-state index is -0.842. The van der Waals surface area contributed by atoms with E-state index in [1.54, 1.807) is 4.90 Å². The monoisotopic (exact) mass is 242 g/mol. The molecule has 2 rings (SSSR count). The van der Waals surface area contributed by atoms with Crippen LogP contribution in [-0.2, 0) is 0 Å². The van der Waals surface area contributed by atoms with Gasteiger partial charge in [0.15, 0.2) is 0 Å². The topological polar surface area (TPSA) is 46.4 Å². The summed E-state index contributed by atoms with van der Waals surface area (Å²) in [5.74, 6) is -0.638. The van der Waals surface area contributed by atoms with Crippen LogP contribution in [0.15, 0.2) is 18.2 Å². The summed E-state index contributed by atoms with van der Waals surface area (Å²) in [6.07, 6.45) is -0.131. The van der Waals surface area contributed by atoms with Crippen LogP contribution < -0.4 is 4.90 Å². The summed E-state index contributed by atoms with van der Waals surface area (Å²) in [6.45, 7) is 0.848. The quantitative estimate of drug-likeness (QED) is 0.591. The zero-order valence-corrected chi connectivity index (χ0v) is 9.10. The van der Waals surface area contributed by atoms with E-state index in [1.165, 1.54) is 12.1 Å². The number of anilines is 1. The van der Waals surface area contributed by atoms with Crippen molar-refractivity contribution in [2.24, 2.45) is 0 Å². The lowest BCUT2D eigenvalue weighted by Crippen LogP contribution is -2.34. The van der Waals surface area contributed by atoms with Crippen LogP contribution in [0.4, 0.5) is 20.2 Å². The van der Waals surface area contributed by atoms with Crippen LogP contribution in [0.5, 0.6) is 0 Å². The van der Waals surface area contributed by atoms with E-state index in [4.69, 9.17) is 0 Å². The molecule has 0 aromatic heterocycles. The third-order valence-electron chi connectivity index (χ3n) is 2.90. The Bertz CT molecular complexity index is 431. The molecule has 1 aromatic rings. The van der Waals surface area contributed by atoms with Gasteiger partial charge in [-0.25, -0.2) is 8.78 Å². The molecule has 1 fully saturated rings. The molecule has 0 N–H and O–H groups in total. The number of hydrogen-bond donors (Lipinski definition) is 0. The lowest BCUT2D eigenvalue weighted by Gasteiger charge is -2.30. The minimum absolute atomic E-state index is 0.262. The van der Waals surface area contributed by atoms with Crippen molar-refractivity contribution in [2.45, 2.75) is 19.0 Å². The summed E-state index contributed by atoms with van der Waals surface area (Å²) in [7, 11) is 0. The summed E-state index contributed by atoms with van der Waals surface area (Å²) in [6, 6.07) is 3.47. The van der Waals surface area contributed by atoms with Crippen molar-refractivity contribution < 1.29 is 13.7 Å². The second-order valence-electron chi connectivity index (χ2n) is 4.05. The molecule has 1 heterocycles. The Hall–Kier alpha value is -1.72. The number of alkyl halides is 1. The zero-order valence-electron chi connectivity index (χ0n) is 9.10. The van der Waals surface area contributed by atoms with E-state index in [9.17, 15) is 18.9 Å². The third-order valence-corrected chi connectivity index (χ3v) is 2.90. The summed E-state index contributed by atoms with van der Waals surface area (Å²) in [5, 5.41) is 10.8. The Balaban J connectivity index is 2.28. The SMILES string of the molecule is O=[N+]([O-])c1cc(F)ccc1N1CCC(F)CC1. The predicted molar refractivity (Wildman–Crippen MR) is 59.4 cm³/mol. The summed E-state index contributed by atoms with van der Waals surface area (Å²) in [4.78, 5) is 11.9. The Morgan fingerprint density at radius 3 is 2.59 bits per heavy atom. The molecule has 1 saturated heterocycles. The molecule has 6 heteroatoms. The van der Waals surface area contributed by atoms with Gasteiger partial charge in [-0.05, 0) is 25.0 Å². The molecule has 1 aromatic carbocycles. The van der Waals surface area contributed by atoms with Crippen molar-refractivity contribution in [1.29, 1.82) is 0 Å². The van der Waals surface area contributed by atoms with Crippen LogP contribution in [0.25, 0.3) is 0 Å². The smallest absolute Gasteiger partial charge is 0.295 e. The molecule has 0 spiro atoms. The average Bonchev–Trinajstić information content (AvgIpc) is 2.30. The Morgan fingerprint density at radius 1 is 1.35 bits per heavy atom. The van der Waals surface area contributed by atoms with Crippen LogP contribution in [0.1, 0.15) is 12.8 Å². The van der Waals surface area contributed by atoms with Crippen LogP contribution in [0.3, 0.4) is 0 Å². The number of nitro benzene ring substituents is 1. The van der Waals surface area contributed by atoms with E-state index in [2.05, 4.69) is 0 Å². The van der Waals surface area contributed by atoms with Gasteiger partial charge in [0.2, 0.25) is 0 Å². The van der Waals surface area contributed by atoms with E-state index in [-0.39, 0.29) is 5.69 Å². The van der Waals surface area contributed by atoms with Gasteiger partial charge in [-0.1, -0.05) is 0 Å². The van der Waals surface area contributed by atoms with Gasteiger partial charge in [-0.15, -0.1) is 0 Å². The highest BCUT2D eigenvalue weighted by molar-refractivity contribution is 5.63. The highest BCUT2D eigenvalue weighted by atomic mass is 19.1. The van der Waals surface area contributed by atoms with Gasteiger partial charge in [-0.3, -0.25) is 10.1 Å². The van der Waals surface area contributed by atoms with Gasteiger partial charge in [0, 0.05) is 13.1 Å². The van der Waals surface area contributed by atoms with Crippen LogP contribution in [-0.4, -0.2) is 24.2 Å². The molecule has 0 bridgehead atoms. The molecule has 0 saturated carbocycles. The second-order valence-corrected chi connectivity index (χ2v) is 4.05. The lowest BCUT2D eigenvalue weighted by molar-refractivity contribution is -0.384. The first-order valence-electron chi connectivity index (χ1n) is 5.41. The van der Waals surface area contributed by atoms with Crippen LogP contribution in [0, 0.1) is 15.9 Å². The molecule has 0 amide bonds. The normalized spacial score (nSPS) is 17.2. The molecular formula is C11H12F2N2O2. The predicted octanol–water partition coefficient (Wildman–Crippen LogP) is 2.67. The van der Waals surface area contributed by atoms with Crippen molar-refractivity contribution in [3.05, 3.63) is 34.1 Å². The molecule has 17 heavy (non-hydrogen) atoms. The molecule has 92 valence electrons. The van der Waals surface area contributed by atoms with E-state index in [0.717, 1.165) is 6.07 Å². The first-order chi connectivity index (χ1) is 8.08. The number of nitrogens with zero attached hydrogens (tertiary/aromatic N) is 2. The Kier molecular flexibility index (Phi) is 3.21. The Morgan fingerprint density at radius 2 is 2.00 bits per heavy atom. The number of benzene rings is 1. The van der Waals surface area contributed by atoms with Gasteiger partial charge in [0.1, 0.15) is 17.7 Å². The summed E-state index contributed by atoms with van der Waals surface area (Å²) >= 11 is 0. The largest absolute Gasteiger partial charge is 0.366 e. The summed E-state index contributed by atoms with van der Waals surface area (Å²) < 4.78 is 25.9. The van der Waals surface area contributed by atoms with E-state index >= 15 is 0 Å². The van der Waals surface area contributed by atoms with Crippen molar-refractivity contribution in [1.82, 2.24) is 0 Å². The van der Waals surface area contributed by atoms with E-state index < -0.39 is 16.9 Å². The number of hydrogen-bond acceptors (Lipinski definition) is 3. The fourth-order valence-electron chi connectivity index (χ4n) is 2.00. The van der Waals surface area contributed by atoms with Crippen molar-refractivity contribution >= 4 is 11.4 Å². The van der Waals surface area contributed by atoms with Crippen molar-refractivity contribution in [2.75, 3.05) is 18.0 Å². The summed E-state index contributed by atoms with van der Waals surface area (Å²) in [5.41, 5.74) is 0.102. The molecule has 1 aliphatic rings. The maximum atomic E-state index is 13.0. The number of piperidine rings is 1. The molecule has 0 radical (unpaired) electrons. The Labute approximate surface area is 97.0 Å². The van der Waals surface area contributed by atoms with Crippen molar-refractivity contribution in [3.63, 3.8) is 0 Å². The zero-order chi connectivity index (χ0) is 12.4. The van der Waals surface area contributed by atoms with Gasteiger partial charge < -0.3 is 4.90 Å². The fourth-order valence-corrected chi connectivity index (χ4v) is 2.00. The van der Waals surface area contributed by atoms with Crippen molar-refractivity contribution in [3.8, 4) is 0 Å². The van der Waals surface area contributed by atoms with Gasteiger partial charge >= 0.3 is 0 Å². The lowest BCUT2D eigenvalue weighted by atomic mass is 10.1. The van der Waals surface area contributed by atoms with Crippen LogP contribution in [0.2, 0.25) is 0 Å². The molecular weight excluding hydrogens is 230 g/mol. The molecule has 0 aliphatic carbocycles. The van der Waals surface area contributed by atoms with Gasteiger partial charge in [0.05, 0.1) is 11.0 Å². The first-order valence-corrected chi connectivity index (χ1v) is 5.41. The highest BCUT2D eigenvalue weighted by Gasteiger charge is 2.24. The molecule has 0 unspecified atom stereocenters. The maximum absolute atomic E-state index is 13.0. The molecule has 1 aliphatic heterocycles. The standard InChI is InChI=1S/C11H12F2N2O2/c12-8-3-5-14(6-4-8)10-2-1-9(13)7-11(10)15(16)17/h1-2,7-8H,3-6H2. The number of rotatable bonds is 2. The maximum Gasteiger partial charge on any atom is 0.295 e. The average molecular weight is 242 g/mol. The van der Waals surface area contributed by atoms with E-state index in [0.29, 0.717) is 31.6 Å². The fraction of sp³-hybridized carbons (Fsp3) is 0.455. The molecule has 0 atom stereocenters. The first kappa shape index (κ1) is 11.8. The number of halogens is 2. The van der Waals surface area contributed by atoms with Crippen LogP contribution >= 0.6 is 0 Å². The third kappa shape index (κ3) is 2.51. The highest BCUT2D eigenvalue weighted by Crippen LogP contribution is 2.31. The van der Waals surface area contributed by atoms with Gasteiger partial charge in [0.25, 0.3) is 5.69 Å².